The second-order valence-corrected chi connectivity index (χ2v) is 3.17. The first-order valence-corrected chi connectivity index (χ1v) is 3.78. The molecule has 0 bridgehead atoms. The van der Waals surface area contributed by atoms with Crippen molar-refractivity contribution in [2.24, 2.45) is 5.92 Å². The molecule has 0 aromatic rings. The highest BCUT2D eigenvalue weighted by Crippen LogP contribution is 2.13. The minimum absolute atomic E-state index is 0.0362. The summed E-state index contributed by atoms with van der Waals surface area (Å²) in [7, 11) is 1.26. The molecule has 0 spiro atoms. The first-order chi connectivity index (χ1) is 5.46. The Bertz CT molecular complexity index is 179. The average molecular weight is 173 g/mol. The number of hydrogen-bond acceptors (Lipinski definition) is 3. The van der Waals surface area contributed by atoms with E-state index in [1.54, 1.807) is 6.92 Å². The number of ether oxygens (including phenoxy) is 1. The van der Waals surface area contributed by atoms with Crippen molar-refractivity contribution in [1.82, 2.24) is 5.32 Å². The fraction of sp³-hybridized carbons (Fsp3) is 0.750. The summed E-state index contributed by atoms with van der Waals surface area (Å²) in [5.74, 6) is 0.0362. The lowest BCUT2D eigenvalue weighted by atomic mass is 9.90. The molecule has 0 fully saturated rings. The molecule has 0 aromatic carbocycles. The molecule has 0 radical (unpaired) electrons. The van der Waals surface area contributed by atoms with E-state index >= 15 is 0 Å². The minimum Gasteiger partial charge on any atom is -0.453 e. The van der Waals surface area contributed by atoms with Crippen LogP contribution < -0.4 is 5.32 Å². The minimum atomic E-state index is -0.840. The van der Waals surface area contributed by atoms with Crippen molar-refractivity contribution in [3.05, 3.63) is 0 Å². The summed E-state index contributed by atoms with van der Waals surface area (Å²) in [5.41, 5.74) is -0.840. The second-order valence-electron chi connectivity index (χ2n) is 3.17. The highest BCUT2D eigenvalue weighted by molar-refractivity contribution is 5.76. The first kappa shape index (κ1) is 10.9. The molecule has 0 saturated carbocycles. The largest absolute Gasteiger partial charge is 0.453 e. The van der Waals surface area contributed by atoms with Gasteiger partial charge in [-0.15, -0.1) is 0 Å². The number of hydrogen-bond donors (Lipinski definition) is 1. The van der Waals surface area contributed by atoms with Crippen LogP contribution >= 0.6 is 0 Å². The zero-order valence-electron chi connectivity index (χ0n) is 7.88. The van der Waals surface area contributed by atoms with Crippen LogP contribution in [0, 0.1) is 5.92 Å². The van der Waals surface area contributed by atoms with E-state index in [1.807, 2.05) is 13.8 Å². The molecule has 12 heavy (non-hydrogen) atoms. The van der Waals surface area contributed by atoms with Crippen molar-refractivity contribution in [2.75, 3.05) is 7.11 Å². The maximum atomic E-state index is 10.8. The van der Waals surface area contributed by atoms with Gasteiger partial charge in [0.15, 0.2) is 0 Å². The lowest BCUT2D eigenvalue weighted by molar-refractivity contribution is -0.114. The van der Waals surface area contributed by atoms with Gasteiger partial charge < -0.3 is 14.8 Å². The summed E-state index contributed by atoms with van der Waals surface area (Å²) in [6.45, 7) is 5.36. The molecule has 0 saturated heterocycles. The van der Waals surface area contributed by atoms with E-state index in [9.17, 15) is 9.59 Å². The first-order valence-electron chi connectivity index (χ1n) is 3.78. The number of methoxy groups -OCH3 is 1. The normalized spacial score (nSPS) is 15.1. The molecule has 0 aliphatic heterocycles. The molecular formula is C8H15NO3. The Kier molecular flexibility index (Phi) is 3.73. The Hall–Kier alpha value is -1.06. The molecule has 4 heteroatoms. The zero-order chi connectivity index (χ0) is 9.78. The van der Waals surface area contributed by atoms with E-state index in [1.165, 1.54) is 7.11 Å². The van der Waals surface area contributed by atoms with Gasteiger partial charge in [0, 0.05) is 0 Å². The van der Waals surface area contributed by atoms with Crippen LogP contribution in [0.3, 0.4) is 0 Å². The third-order valence-corrected chi connectivity index (χ3v) is 2.00. The molecule has 1 N–H and O–H groups in total. The van der Waals surface area contributed by atoms with E-state index in [-0.39, 0.29) is 5.92 Å². The smallest absolute Gasteiger partial charge is 0.407 e. The van der Waals surface area contributed by atoms with Crippen molar-refractivity contribution in [3.8, 4) is 0 Å². The highest BCUT2D eigenvalue weighted by Gasteiger charge is 2.29. The van der Waals surface area contributed by atoms with Gasteiger partial charge in [-0.3, -0.25) is 0 Å². The summed E-state index contributed by atoms with van der Waals surface area (Å²) in [6.07, 6.45) is 0.132. The van der Waals surface area contributed by atoms with Crippen molar-refractivity contribution < 1.29 is 14.3 Å². The number of carbonyl (C=O) groups excluding carboxylic acids is 2. The Morgan fingerprint density at radius 1 is 1.58 bits per heavy atom. The van der Waals surface area contributed by atoms with Crippen LogP contribution in [-0.2, 0) is 9.53 Å². The topological polar surface area (TPSA) is 55.4 Å². The molecule has 0 rings (SSSR count). The van der Waals surface area contributed by atoms with Gasteiger partial charge in [-0.1, -0.05) is 13.8 Å². The quantitative estimate of drug-likeness (QED) is 0.646. The molecular weight excluding hydrogens is 158 g/mol. The van der Waals surface area contributed by atoms with Crippen LogP contribution in [0.25, 0.3) is 0 Å². The van der Waals surface area contributed by atoms with Crippen LogP contribution in [0.1, 0.15) is 20.8 Å². The molecule has 70 valence electrons. The number of alkyl carbamates (subject to hydrolysis) is 1. The summed E-state index contributed by atoms with van der Waals surface area (Å²) >= 11 is 0. The van der Waals surface area contributed by atoms with Crippen LogP contribution in [-0.4, -0.2) is 25.0 Å². The fourth-order valence-electron chi connectivity index (χ4n) is 0.581. The monoisotopic (exact) mass is 173 g/mol. The van der Waals surface area contributed by atoms with Crippen molar-refractivity contribution in [1.29, 1.82) is 0 Å². The Balaban J connectivity index is 4.34. The van der Waals surface area contributed by atoms with Gasteiger partial charge >= 0.3 is 6.09 Å². The van der Waals surface area contributed by atoms with E-state index in [4.69, 9.17) is 0 Å². The van der Waals surface area contributed by atoms with Crippen molar-refractivity contribution >= 4 is 12.4 Å². The maximum absolute atomic E-state index is 10.8. The van der Waals surface area contributed by atoms with E-state index in [0.717, 1.165) is 0 Å². The van der Waals surface area contributed by atoms with Gasteiger partial charge in [0.2, 0.25) is 0 Å². The SMILES string of the molecule is COC(=O)N[C@@](C)(C=O)C(C)C. The van der Waals surface area contributed by atoms with E-state index in [0.29, 0.717) is 6.29 Å². The predicted molar refractivity (Wildman–Crippen MR) is 44.8 cm³/mol. The van der Waals surface area contributed by atoms with Crippen LogP contribution in [0.2, 0.25) is 0 Å². The number of amides is 1. The Labute approximate surface area is 72.3 Å². The number of nitrogens with one attached hydrogen (secondary N) is 1. The van der Waals surface area contributed by atoms with E-state index in [2.05, 4.69) is 10.1 Å². The van der Waals surface area contributed by atoms with Gasteiger partial charge in [-0.05, 0) is 12.8 Å². The van der Waals surface area contributed by atoms with Gasteiger partial charge in [-0.25, -0.2) is 4.79 Å². The lowest BCUT2D eigenvalue weighted by Gasteiger charge is -2.27. The Morgan fingerprint density at radius 3 is 2.33 bits per heavy atom. The second kappa shape index (κ2) is 4.09. The average Bonchev–Trinajstić information content (AvgIpc) is 2.03. The Morgan fingerprint density at radius 2 is 2.08 bits per heavy atom. The van der Waals surface area contributed by atoms with E-state index < -0.39 is 11.6 Å². The van der Waals surface area contributed by atoms with Gasteiger partial charge in [0.05, 0.1) is 12.6 Å². The lowest BCUT2D eigenvalue weighted by Crippen LogP contribution is -2.51. The fourth-order valence-corrected chi connectivity index (χ4v) is 0.581. The molecule has 1 atom stereocenters. The van der Waals surface area contributed by atoms with Crippen molar-refractivity contribution in [2.45, 2.75) is 26.3 Å². The van der Waals surface area contributed by atoms with Gasteiger partial charge in [0.25, 0.3) is 0 Å². The molecule has 0 aliphatic carbocycles. The van der Waals surface area contributed by atoms with Crippen LogP contribution in [0.15, 0.2) is 0 Å². The van der Waals surface area contributed by atoms with Gasteiger partial charge in [0.1, 0.15) is 6.29 Å². The molecule has 0 aliphatic rings. The molecule has 0 aromatic heterocycles. The summed E-state index contributed by atoms with van der Waals surface area (Å²) < 4.78 is 4.39. The third kappa shape index (κ3) is 2.53. The van der Waals surface area contributed by atoms with Crippen molar-refractivity contribution in [3.63, 3.8) is 0 Å². The third-order valence-electron chi connectivity index (χ3n) is 2.00. The molecule has 4 nitrogen and oxygen atoms in total. The highest BCUT2D eigenvalue weighted by atomic mass is 16.5. The summed E-state index contributed by atoms with van der Waals surface area (Å²) in [5, 5.41) is 2.46. The standard InChI is InChI=1S/C8H15NO3/c1-6(2)8(3,5-10)9-7(11)12-4/h5-6H,1-4H3,(H,9,11)/t8-/m0/s1. The number of carbonyl (C=O) groups is 2. The number of rotatable bonds is 3. The molecule has 0 unspecified atom stereocenters. The van der Waals surface area contributed by atoms with Crippen LogP contribution in [0.5, 0.6) is 0 Å². The summed E-state index contributed by atoms with van der Waals surface area (Å²) in [4.78, 5) is 21.4. The molecule has 0 heterocycles. The number of aldehydes is 1. The van der Waals surface area contributed by atoms with Gasteiger partial charge in [-0.2, -0.15) is 0 Å². The maximum Gasteiger partial charge on any atom is 0.407 e. The molecule has 1 amide bonds. The van der Waals surface area contributed by atoms with Crippen LogP contribution in [0.4, 0.5) is 4.79 Å². The zero-order valence-corrected chi connectivity index (χ0v) is 7.88. The summed E-state index contributed by atoms with van der Waals surface area (Å²) in [6, 6.07) is 0. The predicted octanol–water partition coefficient (Wildman–Crippen LogP) is 0.956.